The Balaban J connectivity index is 1.99. The van der Waals surface area contributed by atoms with E-state index in [2.05, 4.69) is 5.32 Å². The van der Waals surface area contributed by atoms with E-state index in [1.807, 2.05) is 0 Å². The van der Waals surface area contributed by atoms with Gasteiger partial charge in [0.05, 0.1) is 21.7 Å². The number of sulfone groups is 1. The van der Waals surface area contributed by atoms with Crippen LogP contribution in [0.4, 0.5) is 18.9 Å². The summed E-state index contributed by atoms with van der Waals surface area (Å²) < 4.78 is 65.3. The number of halogens is 3. The first-order valence-electron chi connectivity index (χ1n) is 9.28. The zero-order valence-corrected chi connectivity index (χ0v) is 18.1. The fraction of sp³-hybridized carbons (Fsp3) is 0.227. The molecule has 2 aromatic carbocycles. The van der Waals surface area contributed by atoms with Crippen LogP contribution in [-0.4, -0.2) is 25.1 Å². The molecule has 0 aliphatic rings. The average molecular weight is 450 g/mol. The summed E-state index contributed by atoms with van der Waals surface area (Å²) >= 11 is 0. The maximum absolute atomic E-state index is 13.5. The average Bonchev–Trinajstić information content (AvgIpc) is 2.94. The Hall–Kier alpha value is -3.07. The molecule has 0 aliphatic carbocycles. The van der Waals surface area contributed by atoms with Crippen molar-refractivity contribution in [1.29, 1.82) is 0 Å². The van der Waals surface area contributed by atoms with Crippen molar-refractivity contribution in [3.8, 4) is 5.69 Å². The number of carbonyl (C=O) groups excluding carboxylic acids is 1. The SMILES string of the molecule is Cc1cc(NC(=O)c2cc(C)n(-c3ccccc3C(F)(F)F)c2C)ccc1S(C)(=O)=O. The quantitative estimate of drug-likeness (QED) is 0.603. The van der Waals surface area contributed by atoms with Crippen LogP contribution in [0.2, 0.25) is 0 Å². The number of carbonyl (C=O) groups is 1. The van der Waals surface area contributed by atoms with Gasteiger partial charge in [-0.1, -0.05) is 12.1 Å². The number of benzene rings is 2. The first-order valence-corrected chi connectivity index (χ1v) is 11.2. The van der Waals surface area contributed by atoms with Gasteiger partial charge < -0.3 is 9.88 Å². The summed E-state index contributed by atoms with van der Waals surface area (Å²) in [6.45, 7) is 4.82. The van der Waals surface area contributed by atoms with Crippen LogP contribution in [0.3, 0.4) is 0 Å². The second kappa shape index (κ2) is 7.88. The van der Waals surface area contributed by atoms with E-state index in [1.165, 1.54) is 47.0 Å². The molecule has 0 radical (unpaired) electrons. The molecule has 0 spiro atoms. The fourth-order valence-electron chi connectivity index (χ4n) is 3.61. The molecule has 0 aliphatic heterocycles. The lowest BCUT2D eigenvalue weighted by atomic mass is 10.1. The van der Waals surface area contributed by atoms with Crippen molar-refractivity contribution in [1.82, 2.24) is 4.57 Å². The second-order valence-electron chi connectivity index (χ2n) is 7.34. The van der Waals surface area contributed by atoms with Crippen molar-refractivity contribution < 1.29 is 26.4 Å². The number of alkyl halides is 3. The minimum Gasteiger partial charge on any atom is -0.322 e. The van der Waals surface area contributed by atoms with Crippen LogP contribution in [0.15, 0.2) is 53.4 Å². The molecule has 3 aromatic rings. The van der Waals surface area contributed by atoms with Crippen LogP contribution < -0.4 is 5.32 Å². The Kier molecular flexibility index (Phi) is 5.75. The van der Waals surface area contributed by atoms with E-state index in [4.69, 9.17) is 0 Å². The van der Waals surface area contributed by atoms with Gasteiger partial charge in [0.1, 0.15) is 0 Å². The molecule has 0 unspecified atom stereocenters. The predicted molar refractivity (Wildman–Crippen MR) is 112 cm³/mol. The highest BCUT2D eigenvalue weighted by Crippen LogP contribution is 2.35. The zero-order valence-electron chi connectivity index (χ0n) is 17.3. The molecule has 0 saturated heterocycles. The van der Waals surface area contributed by atoms with Gasteiger partial charge in [-0.25, -0.2) is 8.42 Å². The molecule has 1 aromatic heterocycles. The van der Waals surface area contributed by atoms with Gasteiger partial charge >= 0.3 is 6.18 Å². The van der Waals surface area contributed by atoms with Crippen molar-refractivity contribution >= 4 is 21.4 Å². The van der Waals surface area contributed by atoms with Crippen molar-refractivity contribution in [2.45, 2.75) is 31.8 Å². The van der Waals surface area contributed by atoms with Gasteiger partial charge in [0.2, 0.25) is 0 Å². The summed E-state index contributed by atoms with van der Waals surface area (Å²) in [5.41, 5.74) is 1.06. The maximum Gasteiger partial charge on any atom is 0.418 e. The van der Waals surface area contributed by atoms with Gasteiger partial charge in [0, 0.05) is 23.3 Å². The van der Waals surface area contributed by atoms with Crippen molar-refractivity contribution in [2.75, 3.05) is 11.6 Å². The normalized spacial score (nSPS) is 12.1. The van der Waals surface area contributed by atoms with E-state index < -0.39 is 27.5 Å². The molecular formula is C22H21F3N2O3S. The number of aromatic nitrogens is 1. The minimum atomic E-state index is -4.54. The summed E-state index contributed by atoms with van der Waals surface area (Å²) in [6, 6.07) is 11.1. The third-order valence-electron chi connectivity index (χ3n) is 4.96. The molecule has 0 saturated carbocycles. The van der Waals surface area contributed by atoms with Gasteiger partial charge in [-0.05, 0) is 62.7 Å². The topological polar surface area (TPSA) is 68.2 Å². The Morgan fingerprint density at radius 1 is 1.00 bits per heavy atom. The molecule has 0 atom stereocenters. The van der Waals surface area contributed by atoms with Crippen molar-refractivity contribution in [3.63, 3.8) is 0 Å². The Bertz CT molecular complexity index is 1280. The summed E-state index contributed by atoms with van der Waals surface area (Å²) in [5, 5.41) is 2.69. The van der Waals surface area contributed by atoms with Crippen LogP contribution in [0, 0.1) is 20.8 Å². The third-order valence-corrected chi connectivity index (χ3v) is 6.22. The van der Waals surface area contributed by atoms with E-state index in [9.17, 15) is 26.4 Å². The molecular weight excluding hydrogens is 429 g/mol. The molecule has 1 amide bonds. The number of nitrogens with zero attached hydrogens (tertiary/aromatic N) is 1. The first kappa shape index (κ1) is 22.6. The zero-order chi connectivity index (χ0) is 23.1. The van der Waals surface area contributed by atoms with Crippen LogP contribution >= 0.6 is 0 Å². The van der Waals surface area contributed by atoms with E-state index in [1.54, 1.807) is 20.8 Å². The number of nitrogens with one attached hydrogen (secondary N) is 1. The molecule has 164 valence electrons. The largest absolute Gasteiger partial charge is 0.418 e. The molecule has 0 bridgehead atoms. The van der Waals surface area contributed by atoms with Gasteiger partial charge in [-0.3, -0.25) is 4.79 Å². The third kappa shape index (κ3) is 4.51. The number of aryl methyl sites for hydroxylation is 2. The summed E-state index contributed by atoms with van der Waals surface area (Å²) in [7, 11) is -3.39. The molecule has 1 heterocycles. The number of para-hydroxylation sites is 1. The Morgan fingerprint density at radius 3 is 2.23 bits per heavy atom. The van der Waals surface area contributed by atoms with Crippen LogP contribution in [0.25, 0.3) is 5.69 Å². The smallest absolute Gasteiger partial charge is 0.322 e. The first-order chi connectivity index (χ1) is 14.3. The van der Waals surface area contributed by atoms with Gasteiger partial charge in [0.25, 0.3) is 5.91 Å². The molecule has 9 heteroatoms. The highest BCUT2D eigenvalue weighted by atomic mass is 32.2. The predicted octanol–water partition coefficient (Wildman–Crippen LogP) is 5.08. The molecule has 3 rings (SSSR count). The van der Waals surface area contributed by atoms with Crippen molar-refractivity contribution in [3.05, 3.63) is 76.6 Å². The summed E-state index contributed by atoms with van der Waals surface area (Å²) in [6.07, 6.45) is -3.44. The number of anilines is 1. The molecule has 1 N–H and O–H groups in total. The monoisotopic (exact) mass is 450 g/mol. The van der Waals surface area contributed by atoms with Gasteiger partial charge in [-0.2, -0.15) is 13.2 Å². The number of rotatable bonds is 4. The lowest BCUT2D eigenvalue weighted by molar-refractivity contribution is -0.137. The summed E-state index contributed by atoms with van der Waals surface area (Å²) in [5.74, 6) is -0.504. The lowest BCUT2D eigenvalue weighted by Crippen LogP contribution is -2.15. The number of amides is 1. The molecule has 0 fully saturated rings. The molecule has 5 nitrogen and oxygen atoms in total. The Labute approximate surface area is 178 Å². The second-order valence-corrected chi connectivity index (χ2v) is 9.33. The van der Waals surface area contributed by atoms with Gasteiger partial charge in [0.15, 0.2) is 9.84 Å². The van der Waals surface area contributed by atoms with Crippen LogP contribution in [0.5, 0.6) is 0 Å². The highest BCUT2D eigenvalue weighted by molar-refractivity contribution is 7.90. The van der Waals surface area contributed by atoms with E-state index in [0.29, 0.717) is 22.6 Å². The van der Waals surface area contributed by atoms with E-state index in [0.717, 1.165) is 12.3 Å². The number of hydrogen-bond acceptors (Lipinski definition) is 3. The minimum absolute atomic E-state index is 0.0580. The van der Waals surface area contributed by atoms with Crippen LogP contribution in [0.1, 0.15) is 32.9 Å². The lowest BCUT2D eigenvalue weighted by Gasteiger charge is -2.17. The van der Waals surface area contributed by atoms with E-state index in [-0.39, 0.29) is 16.1 Å². The highest BCUT2D eigenvalue weighted by Gasteiger charge is 2.34. The summed E-state index contributed by atoms with van der Waals surface area (Å²) in [4.78, 5) is 13.0. The van der Waals surface area contributed by atoms with Crippen molar-refractivity contribution in [2.24, 2.45) is 0 Å². The van der Waals surface area contributed by atoms with Gasteiger partial charge in [-0.15, -0.1) is 0 Å². The fourth-order valence-corrected chi connectivity index (χ4v) is 4.57. The molecule has 31 heavy (non-hydrogen) atoms. The maximum atomic E-state index is 13.5. The Morgan fingerprint density at radius 2 is 1.65 bits per heavy atom. The van der Waals surface area contributed by atoms with E-state index >= 15 is 0 Å². The number of hydrogen-bond donors (Lipinski definition) is 1. The standard InChI is InChI=1S/C22H21F3N2O3S/c1-13-11-16(9-10-20(13)31(4,29)30)26-21(28)17-12-14(2)27(15(17)3)19-8-6-5-7-18(19)22(23,24)25/h5-12H,1-4H3,(H,26,28). The van der Waals surface area contributed by atoms with Crippen LogP contribution in [-0.2, 0) is 16.0 Å².